The van der Waals surface area contributed by atoms with Crippen LogP contribution in [0.15, 0.2) is 53.4 Å². The van der Waals surface area contributed by atoms with Gasteiger partial charge in [0, 0.05) is 18.8 Å². The van der Waals surface area contributed by atoms with Crippen molar-refractivity contribution in [1.29, 1.82) is 0 Å². The topological polar surface area (TPSA) is 125 Å². The van der Waals surface area contributed by atoms with Gasteiger partial charge in [0.25, 0.3) is 5.91 Å². The highest BCUT2D eigenvalue weighted by Crippen LogP contribution is 2.32. The number of hydrogen-bond acceptors (Lipinski definition) is 6. The number of imide groups is 1. The van der Waals surface area contributed by atoms with Gasteiger partial charge in [-0.1, -0.05) is 19.1 Å². The number of carbonyl (C=O) groups excluding carboxylic acids is 3. The van der Waals surface area contributed by atoms with Gasteiger partial charge in [0.1, 0.15) is 17.9 Å². The summed E-state index contributed by atoms with van der Waals surface area (Å²) in [6.07, 6.45) is -0.244. The molecule has 2 fully saturated rings. The van der Waals surface area contributed by atoms with Gasteiger partial charge in [-0.25, -0.2) is 17.6 Å². The van der Waals surface area contributed by atoms with Crippen LogP contribution in [-0.2, 0) is 29.9 Å². The van der Waals surface area contributed by atoms with Crippen LogP contribution in [0.2, 0.25) is 0 Å². The number of rotatable bonds is 7. The molecule has 2 aliphatic rings. The summed E-state index contributed by atoms with van der Waals surface area (Å²) in [7, 11) is -3.74. The van der Waals surface area contributed by atoms with Crippen molar-refractivity contribution >= 4 is 33.6 Å². The number of sulfonamides is 1. The second-order valence-corrected chi connectivity index (χ2v) is 11.2. The highest BCUT2D eigenvalue weighted by molar-refractivity contribution is 7.89. The first-order valence-corrected chi connectivity index (χ1v) is 13.4. The quantitative estimate of drug-likeness (QED) is 0.528. The first kappa shape index (κ1) is 26.7. The van der Waals surface area contributed by atoms with E-state index < -0.39 is 45.8 Å². The Hall–Kier alpha value is -3.35. The minimum Gasteiger partial charge on any atom is -0.373 e. The SMILES string of the molecule is CC[C@]1(c2ccc(F)cc2)NC(=O)N(CC(=O)Nc2ccc(S(=O)(=O)N3C[C@H](C)O[C@@H](C)C3)cc2)C1=O. The van der Waals surface area contributed by atoms with E-state index in [1.807, 2.05) is 13.8 Å². The molecule has 0 spiro atoms. The van der Waals surface area contributed by atoms with Crippen LogP contribution in [0.4, 0.5) is 14.9 Å². The van der Waals surface area contributed by atoms with E-state index in [4.69, 9.17) is 4.74 Å². The van der Waals surface area contributed by atoms with Crippen molar-refractivity contribution in [2.45, 2.75) is 49.8 Å². The van der Waals surface area contributed by atoms with Gasteiger partial charge in [-0.3, -0.25) is 14.5 Å². The lowest BCUT2D eigenvalue weighted by Gasteiger charge is -2.34. The first-order valence-electron chi connectivity index (χ1n) is 11.9. The Balaban J connectivity index is 1.43. The zero-order chi connectivity index (χ0) is 27.0. The predicted molar refractivity (Wildman–Crippen MR) is 132 cm³/mol. The summed E-state index contributed by atoms with van der Waals surface area (Å²) in [5.74, 6) is -1.73. The van der Waals surface area contributed by atoms with Crippen LogP contribution in [0, 0.1) is 5.82 Å². The van der Waals surface area contributed by atoms with E-state index in [0.717, 1.165) is 4.90 Å². The van der Waals surface area contributed by atoms with Crippen molar-refractivity contribution in [1.82, 2.24) is 14.5 Å². The molecule has 198 valence electrons. The highest BCUT2D eigenvalue weighted by atomic mass is 32.2. The van der Waals surface area contributed by atoms with Crippen LogP contribution in [0.25, 0.3) is 0 Å². The van der Waals surface area contributed by atoms with Gasteiger partial charge in [0.05, 0.1) is 17.1 Å². The Morgan fingerprint density at radius 1 is 1.08 bits per heavy atom. The molecule has 4 amide bonds. The summed E-state index contributed by atoms with van der Waals surface area (Å²) >= 11 is 0. The lowest BCUT2D eigenvalue weighted by molar-refractivity contribution is -0.134. The largest absolute Gasteiger partial charge is 0.373 e. The van der Waals surface area contributed by atoms with Gasteiger partial charge in [-0.15, -0.1) is 0 Å². The van der Waals surface area contributed by atoms with Crippen LogP contribution in [0.5, 0.6) is 0 Å². The molecule has 2 saturated heterocycles. The third kappa shape index (κ3) is 5.22. The summed E-state index contributed by atoms with van der Waals surface area (Å²) in [5.41, 5.74) is -0.672. The number of benzene rings is 2. The Bertz CT molecular complexity index is 1290. The third-order valence-corrected chi connectivity index (χ3v) is 8.35. The van der Waals surface area contributed by atoms with Crippen molar-refractivity contribution in [3.63, 3.8) is 0 Å². The maximum absolute atomic E-state index is 13.4. The molecule has 10 nitrogen and oxygen atoms in total. The Kier molecular flexibility index (Phi) is 7.36. The van der Waals surface area contributed by atoms with Crippen LogP contribution in [0.3, 0.4) is 0 Å². The number of morpholine rings is 1. The normalized spacial score (nSPS) is 24.7. The first-order chi connectivity index (χ1) is 17.5. The molecule has 4 rings (SSSR count). The van der Waals surface area contributed by atoms with E-state index in [1.165, 1.54) is 52.8 Å². The van der Waals surface area contributed by atoms with E-state index in [2.05, 4.69) is 10.6 Å². The third-order valence-electron chi connectivity index (χ3n) is 6.51. The van der Waals surface area contributed by atoms with E-state index in [1.54, 1.807) is 6.92 Å². The van der Waals surface area contributed by atoms with Gasteiger partial charge < -0.3 is 15.4 Å². The number of nitrogens with one attached hydrogen (secondary N) is 2. The summed E-state index contributed by atoms with van der Waals surface area (Å²) in [6, 6.07) is 10.2. The fourth-order valence-corrected chi connectivity index (χ4v) is 6.26. The molecule has 2 aromatic rings. The van der Waals surface area contributed by atoms with Crippen molar-refractivity contribution in [3.8, 4) is 0 Å². The molecule has 0 unspecified atom stereocenters. The molecule has 0 bridgehead atoms. The minimum absolute atomic E-state index is 0.0768. The molecular formula is C25H29FN4O6S. The number of hydrogen-bond donors (Lipinski definition) is 2. The minimum atomic E-state index is -3.74. The maximum atomic E-state index is 13.4. The van der Waals surface area contributed by atoms with Crippen molar-refractivity contribution in [3.05, 3.63) is 59.9 Å². The molecule has 12 heteroatoms. The number of amides is 4. The summed E-state index contributed by atoms with van der Waals surface area (Å²) < 4.78 is 46.4. The molecule has 0 aliphatic carbocycles. The Morgan fingerprint density at radius 3 is 2.24 bits per heavy atom. The van der Waals surface area contributed by atoms with Crippen LogP contribution in [0.1, 0.15) is 32.8 Å². The number of ether oxygens (including phenoxy) is 1. The van der Waals surface area contributed by atoms with Crippen molar-refractivity contribution in [2.24, 2.45) is 0 Å². The highest BCUT2D eigenvalue weighted by Gasteiger charge is 2.51. The fraction of sp³-hybridized carbons (Fsp3) is 0.400. The van der Waals surface area contributed by atoms with Crippen LogP contribution < -0.4 is 10.6 Å². The summed E-state index contributed by atoms with van der Waals surface area (Å²) in [5, 5.41) is 5.22. The monoisotopic (exact) mass is 532 g/mol. The molecule has 0 saturated carbocycles. The average Bonchev–Trinajstić information content (AvgIpc) is 3.09. The average molecular weight is 533 g/mol. The van der Waals surface area contributed by atoms with Gasteiger partial charge in [0.15, 0.2) is 0 Å². The second kappa shape index (κ2) is 10.2. The van der Waals surface area contributed by atoms with Crippen LogP contribution in [-0.4, -0.2) is 67.3 Å². The lowest BCUT2D eigenvalue weighted by Crippen LogP contribution is -2.48. The fourth-order valence-electron chi connectivity index (χ4n) is 4.67. The number of carbonyl (C=O) groups is 3. The van der Waals surface area contributed by atoms with Gasteiger partial charge in [-0.05, 0) is 62.2 Å². The molecule has 2 N–H and O–H groups in total. The van der Waals surface area contributed by atoms with Crippen molar-refractivity contribution < 1.29 is 31.9 Å². The Morgan fingerprint density at radius 2 is 1.68 bits per heavy atom. The zero-order valence-electron chi connectivity index (χ0n) is 20.7. The maximum Gasteiger partial charge on any atom is 0.325 e. The molecule has 2 aliphatic heterocycles. The number of anilines is 1. The smallest absolute Gasteiger partial charge is 0.325 e. The summed E-state index contributed by atoms with van der Waals surface area (Å²) in [6.45, 7) is 5.28. The molecule has 0 aromatic heterocycles. The lowest BCUT2D eigenvalue weighted by atomic mass is 9.87. The molecule has 2 heterocycles. The Labute approximate surface area is 214 Å². The molecular weight excluding hydrogens is 503 g/mol. The number of halogens is 1. The summed E-state index contributed by atoms with van der Waals surface area (Å²) in [4.78, 5) is 39.3. The van der Waals surface area contributed by atoms with Crippen molar-refractivity contribution in [2.75, 3.05) is 25.0 Å². The predicted octanol–water partition coefficient (Wildman–Crippen LogP) is 2.42. The van der Waals surface area contributed by atoms with E-state index in [-0.39, 0.29) is 36.6 Å². The van der Waals surface area contributed by atoms with Gasteiger partial charge in [-0.2, -0.15) is 4.31 Å². The zero-order valence-corrected chi connectivity index (χ0v) is 21.5. The van der Waals surface area contributed by atoms with E-state index in [0.29, 0.717) is 11.3 Å². The standard InChI is InChI=1S/C25H29FN4O6S/c1-4-25(18-5-7-19(26)8-6-18)23(32)30(24(33)28-25)15-22(31)27-20-9-11-21(12-10-20)37(34,35)29-13-16(2)36-17(3)14-29/h5-12,16-17H,4,13-15H2,1-3H3,(H,27,31)(H,28,33)/t16-,17-,25+/m0/s1. The number of nitrogens with zero attached hydrogens (tertiary/aromatic N) is 2. The molecule has 2 aromatic carbocycles. The van der Waals surface area contributed by atoms with E-state index >= 15 is 0 Å². The van der Waals surface area contributed by atoms with E-state index in [9.17, 15) is 27.2 Å². The molecule has 37 heavy (non-hydrogen) atoms. The molecule has 0 radical (unpaired) electrons. The van der Waals surface area contributed by atoms with Gasteiger partial charge >= 0.3 is 6.03 Å². The van der Waals surface area contributed by atoms with Gasteiger partial charge in [0.2, 0.25) is 15.9 Å². The van der Waals surface area contributed by atoms with Crippen LogP contribution >= 0.6 is 0 Å². The second-order valence-electron chi connectivity index (χ2n) is 9.24. The number of urea groups is 1. The molecule has 3 atom stereocenters.